The van der Waals surface area contributed by atoms with Crippen LogP contribution < -0.4 is 9.64 Å². The fourth-order valence-corrected chi connectivity index (χ4v) is 6.17. The molecule has 3 aromatic carbocycles. The molecular formula is C27H25N5O3S2. The third-order valence-corrected chi connectivity index (χ3v) is 8.86. The number of hydrogen-bond donors (Lipinski definition) is 0. The summed E-state index contributed by atoms with van der Waals surface area (Å²) in [6, 6.07) is 23.9. The van der Waals surface area contributed by atoms with Crippen LogP contribution in [0, 0.1) is 18.3 Å². The third-order valence-electron chi connectivity index (χ3n) is 6.13. The average Bonchev–Trinajstić information content (AvgIpc) is 3.39. The summed E-state index contributed by atoms with van der Waals surface area (Å²) in [6.07, 6.45) is 0.606. The molecule has 4 aromatic rings. The quantitative estimate of drug-likeness (QED) is 0.343. The lowest BCUT2D eigenvalue weighted by Crippen LogP contribution is -2.48. The van der Waals surface area contributed by atoms with Gasteiger partial charge in [0.15, 0.2) is 0 Å². The van der Waals surface area contributed by atoms with Gasteiger partial charge in [0.05, 0.1) is 16.5 Å². The van der Waals surface area contributed by atoms with Gasteiger partial charge in [-0.2, -0.15) is 13.9 Å². The van der Waals surface area contributed by atoms with Crippen LogP contribution >= 0.6 is 11.5 Å². The summed E-state index contributed by atoms with van der Waals surface area (Å²) >= 11 is 1.33. The molecule has 0 amide bonds. The molecule has 5 rings (SSSR count). The van der Waals surface area contributed by atoms with E-state index in [2.05, 4.69) is 9.27 Å². The van der Waals surface area contributed by atoms with Crippen LogP contribution in [-0.4, -0.2) is 48.3 Å². The highest BCUT2D eigenvalue weighted by atomic mass is 32.2. The molecule has 1 aliphatic heterocycles. The summed E-state index contributed by atoms with van der Waals surface area (Å²) in [5.74, 6) is 2.31. The first-order valence-electron chi connectivity index (χ1n) is 11.8. The first-order valence-corrected chi connectivity index (χ1v) is 14.0. The van der Waals surface area contributed by atoms with Crippen LogP contribution in [0.3, 0.4) is 0 Å². The zero-order valence-electron chi connectivity index (χ0n) is 20.2. The Hall–Kier alpha value is -3.78. The SMILES string of the molecule is Cc1ccc(Oc2ccc(Cc3nsc(N4CCN(S(=O)(=O)c5ccc(C#N)cc5)CC4)n3)cc2)cc1. The van der Waals surface area contributed by atoms with Gasteiger partial charge in [-0.3, -0.25) is 0 Å². The van der Waals surface area contributed by atoms with Gasteiger partial charge in [0.25, 0.3) is 0 Å². The van der Waals surface area contributed by atoms with E-state index in [4.69, 9.17) is 15.0 Å². The van der Waals surface area contributed by atoms with Crippen LogP contribution in [0.5, 0.6) is 11.5 Å². The largest absolute Gasteiger partial charge is 0.457 e. The average molecular weight is 532 g/mol. The van der Waals surface area contributed by atoms with E-state index in [0.717, 1.165) is 28.0 Å². The van der Waals surface area contributed by atoms with Crippen LogP contribution in [-0.2, 0) is 16.4 Å². The van der Waals surface area contributed by atoms with Gasteiger partial charge in [0, 0.05) is 44.1 Å². The standard InChI is InChI=1S/C27H25N5O3S2/c1-20-2-8-23(9-3-20)35-24-10-4-21(5-11-24)18-26-29-27(36-30-26)31-14-16-32(17-15-31)37(33,34)25-12-6-22(19-28)7-13-25/h2-13H,14-18H2,1H3. The van der Waals surface area contributed by atoms with Crippen molar-refractivity contribution in [3.63, 3.8) is 0 Å². The van der Waals surface area contributed by atoms with Crippen molar-refractivity contribution in [2.45, 2.75) is 18.2 Å². The van der Waals surface area contributed by atoms with E-state index in [1.165, 1.54) is 45.7 Å². The number of rotatable bonds is 7. The second-order valence-electron chi connectivity index (χ2n) is 8.76. The van der Waals surface area contributed by atoms with Gasteiger partial charge in [-0.1, -0.05) is 29.8 Å². The second-order valence-corrected chi connectivity index (χ2v) is 11.4. The molecule has 2 heterocycles. The van der Waals surface area contributed by atoms with Crippen molar-refractivity contribution in [3.8, 4) is 17.6 Å². The van der Waals surface area contributed by atoms with Crippen LogP contribution in [0.1, 0.15) is 22.5 Å². The van der Waals surface area contributed by atoms with Gasteiger partial charge in [0.1, 0.15) is 17.3 Å². The fraction of sp³-hybridized carbons (Fsp3) is 0.222. The lowest BCUT2D eigenvalue weighted by atomic mass is 10.1. The summed E-state index contributed by atoms with van der Waals surface area (Å²) in [6.45, 7) is 3.84. The number of ether oxygens (including phenoxy) is 1. The highest BCUT2D eigenvalue weighted by molar-refractivity contribution is 7.89. The Morgan fingerprint density at radius 3 is 2.16 bits per heavy atom. The molecule has 0 bridgehead atoms. The summed E-state index contributed by atoms with van der Waals surface area (Å²) in [4.78, 5) is 6.97. The molecule has 1 aromatic heterocycles. The number of piperazine rings is 1. The first kappa shape index (κ1) is 24.9. The Balaban J connectivity index is 1.16. The Morgan fingerprint density at radius 2 is 1.54 bits per heavy atom. The monoisotopic (exact) mass is 531 g/mol. The van der Waals surface area contributed by atoms with E-state index < -0.39 is 10.0 Å². The molecule has 0 aliphatic carbocycles. The molecule has 0 atom stereocenters. The van der Waals surface area contributed by atoms with E-state index in [1.54, 1.807) is 0 Å². The van der Waals surface area contributed by atoms with Crippen LogP contribution in [0.25, 0.3) is 0 Å². The minimum absolute atomic E-state index is 0.202. The molecule has 1 aliphatic rings. The van der Waals surface area contributed by atoms with Crippen molar-refractivity contribution < 1.29 is 13.2 Å². The normalized spacial score (nSPS) is 14.3. The van der Waals surface area contributed by atoms with Crippen LogP contribution in [0.4, 0.5) is 5.13 Å². The van der Waals surface area contributed by atoms with Gasteiger partial charge < -0.3 is 9.64 Å². The van der Waals surface area contributed by atoms with Crippen molar-refractivity contribution in [2.75, 3.05) is 31.1 Å². The molecule has 1 fully saturated rings. The van der Waals surface area contributed by atoms with E-state index in [-0.39, 0.29) is 4.90 Å². The first-order chi connectivity index (χ1) is 17.9. The molecule has 0 N–H and O–H groups in total. The zero-order valence-corrected chi connectivity index (χ0v) is 21.9. The maximum atomic E-state index is 13.0. The topological polar surface area (TPSA) is 99.4 Å². The van der Waals surface area contributed by atoms with Crippen LogP contribution in [0.2, 0.25) is 0 Å². The Labute approximate surface area is 220 Å². The number of benzene rings is 3. The number of sulfonamides is 1. The molecular weight excluding hydrogens is 506 g/mol. The highest BCUT2D eigenvalue weighted by Gasteiger charge is 2.29. The van der Waals surface area contributed by atoms with Crippen molar-refractivity contribution in [1.82, 2.24) is 13.7 Å². The molecule has 1 saturated heterocycles. The maximum absolute atomic E-state index is 13.0. The summed E-state index contributed by atoms with van der Waals surface area (Å²) in [5, 5.41) is 9.73. The molecule has 188 valence electrons. The van der Waals surface area contributed by atoms with Gasteiger partial charge in [0.2, 0.25) is 15.2 Å². The molecule has 0 radical (unpaired) electrons. The zero-order chi connectivity index (χ0) is 25.8. The summed E-state index contributed by atoms with van der Waals surface area (Å²) < 4.78 is 37.8. The number of nitriles is 1. The number of nitrogens with zero attached hydrogens (tertiary/aromatic N) is 5. The predicted molar refractivity (Wildman–Crippen MR) is 143 cm³/mol. The van der Waals surface area contributed by atoms with Crippen molar-refractivity contribution in [1.29, 1.82) is 5.26 Å². The second kappa shape index (κ2) is 10.7. The number of hydrogen-bond acceptors (Lipinski definition) is 8. The highest BCUT2D eigenvalue weighted by Crippen LogP contribution is 2.25. The van der Waals surface area contributed by atoms with Crippen molar-refractivity contribution in [2.24, 2.45) is 0 Å². The minimum atomic E-state index is -3.60. The van der Waals surface area contributed by atoms with E-state index in [0.29, 0.717) is 38.2 Å². The van der Waals surface area contributed by atoms with Gasteiger partial charge in [-0.05, 0) is 61.0 Å². The lowest BCUT2D eigenvalue weighted by molar-refractivity contribution is 0.384. The number of aromatic nitrogens is 2. The molecule has 37 heavy (non-hydrogen) atoms. The Morgan fingerprint density at radius 1 is 0.919 bits per heavy atom. The minimum Gasteiger partial charge on any atom is -0.457 e. The van der Waals surface area contributed by atoms with E-state index in [9.17, 15) is 8.42 Å². The van der Waals surface area contributed by atoms with E-state index in [1.807, 2.05) is 61.5 Å². The predicted octanol–water partition coefficient (Wildman–Crippen LogP) is 4.61. The molecule has 0 saturated carbocycles. The Bertz CT molecular complexity index is 1500. The van der Waals surface area contributed by atoms with E-state index >= 15 is 0 Å². The van der Waals surface area contributed by atoms with Gasteiger partial charge in [-0.25, -0.2) is 13.4 Å². The summed E-state index contributed by atoms with van der Waals surface area (Å²) in [5.41, 5.74) is 2.70. The van der Waals surface area contributed by atoms with Gasteiger partial charge in [-0.15, -0.1) is 0 Å². The van der Waals surface area contributed by atoms with Crippen molar-refractivity contribution >= 4 is 26.7 Å². The lowest BCUT2D eigenvalue weighted by Gasteiger charge is -2.33. The number of anilines is 1. The third kappa shape index (κ3) is 5.80. The smallest absolute Gasteiger partial charge is 0.243 e. The van der Waals surface area contributed by atoms with Crippen LogP contribution in [0.15, 0.2) is 77.7 Å². The molecule has 8 nitrogen and oxygen atoms in total. The van der Waals surface area contributed by atoms with Crippen molar-refractivity contribution in [3.05, 3.63) is 95.3 Å². The van der Waals surface area contributed by atoms with Gasteiger partial charge >= 0.3 is 0 Å². The maximum Gasteiger partial charge on any atom is 0.243 e. The molecule has 0 unspecified atom stereocenters. The number of aryl methyl sites for hydroxylation is 1. The fourth-order valence-electron chi connectivity index (χ4n) is 4.02. The molecule has 0 spiro atoms. The molecule has 10 heteroatoms. The Kier molecular flexibility index (Phi) is 7.19. The summed E-state index contributed by atoms with van der Waals surface area (Å²) in [7, 11) is -3.60.